The quantitative estimate of drug-likeness (QED) is 0.858. The van der Waals surface area contributed by atoms with Gasteiger partial charge in [-0.1, -0.05) is 23.7 Å². The molecule has 2 rings (SSSR count). The molecule has 0 aliphatic heterocycles. The number of aliphatic hydroxyl groups excluding tert-OH is 1. The van der Waals surface area contributed by atoms with Crippen LogP contribution in [0.15, 0.2) is 42.6 Å². The number of carbonyl (C=O) groups is 1. The van der Waals surface area contributed by atoms with E-state index >= 15 is 0 Å². The predicted molar refractivity (Wildman–Crippen MR) is 82.3 cm³/mol. The van der Waals surface area contributed by atoms with Gasteiger partial charge in [0.25, 0.3) is 5.91 Å². The number of halogens is 2. The summed E-state index contributed by atoms with van der Waals surface area (Å²) in [6.07, 6.45) is 2.19. The summed E-state index contributed by atoms with van der Waals surface area (Å²) >= 11 is 5.65. The lowest BCUT2D eigenvalue weighted by Gasteiger charge is -2.15. The number of hydrogen-bond acceptors (Lipinski definition) is 3. The standard InChI is InChI=1S/C16H16ClFN2O2/c17-14-6-3-5-13(15(14)18)16(22)20-9-11(10-21)8-12-4-1-2-7-19-12/h1-7,11,21H,8-10H2,(H,20,22). The first-order valence-electron chi connectivity index (χ1n) is 6.84. The van der Waals surface area contributed by atoms with Crippen LogP contribution in [0.3, 0.4) is 0 Å². The van der Waals surface area contributed by atoms with Gasteiger partial charge in [0.15, 0.2) is 5.82 Å². The molecule has 22 heavy (non-hydrogen) atoms. The topological polar surface area (TPSA) is 62.2 Å². The summed E-state index contributed by atoms with van der Waals surface area (Å²) in [6.45, 7) is 0.118. The third-order valence-corrected chi connectivity index (χ3v) is 3.52. The van der Waals surface area contributed by atoms with Crippen molar-refractivity contribution in [3.8, 4) is 0 Å². The van der Waals surface area contributed by atoms with Crippen LogP contribution in [-0.2, 0) is 6.42 Å². The molecular formula is C16H16ClFN2O2. The molecule has 6 heteroatoms. The van der Waals surface area contributed by atoms with E-state index in [-0.39, 0.29) is 29.7 Å². The van der Waals surface area contributed by atoms with Gasteiger partial charge >= 0.3 is 0 Å². The molecule has 0 spiro atoms. The number of nitrogens with one attached hydrogen (secondary N) is 1. The Hall–Kier alpha value is -1.98. The molecule has 1 aromatic heterocycles. The van der Waals surface area contributed by atoms with Crippen molar-refractivity contribution in [2.24, 2.45) is 5.92 Å². The average molecular weight is 323 g/mol. The molecule has 1 heterocycles. The first-order valence-corrected chi connectivity index (χ1v) is 7.22. The molecule has 4 nitrogen and oxygen atoms in total. The van der Waals surface area contributed by atoms with Gasteiger partial charge in [-0.15, -0.1) is 0 Å². The van der Waals surface area contributed by atoms with Gasteiger partial charge in [0, 0.05) is 31.0 Å². The van der Waals surface area contributed by atoms with Crippen molar-refractivity contribution in [3.05, 3.63) is 64.7 Å². The smallest absolute Gasteiger partial charge is 0.254 e. The summed E-state index contributed by atoms with van der Waals surface area (Å²) in [6, 6.07) is 9.77. The summed E-state index contributed by atoms with van der Waals surface area (Å²) in [7, 11) is 0. The third-order valence-electron chi connectivity index (χ3n) is 3.23. The Balaban J connectivity index is 1.95. The van der Waals surface area contributed by atoms with Crippen molar-refractivity contribution >= 4 is 17.5 Å². The van der Waals surface area contributed by atoms with E-state index in [1.807, 2.05) is 12.1 Å². The molecular weight excluding hydrogens is 307 g/mol. The zero-order valence-corrected chi connectivity index (χ0v) is 12.6. The highest BCUT2D eigenvalue weighted by Gasteiger charge is 2.16. The van der Waals surface area contributed by atoms with Gasteiger partial charge < -0.3 is 10.4 Å². The lowest BCUT2D eigenvalue weighted by atomic mass is 10.0. The molecule has 2 aromatic rings. The van der Waals surface area contributed by atoms with E-state index in [2.05, 4.69) is 10.3 Å². The summed E-state index contributed by atoms with van der Waals surface area (Å²) in [4.78, 5) is 16.2. The number of aromatic nitrogens is 1. The maximum Gasteiger partial charge on any atom is 0.254 e. The predicted octanol–water partition coefficient (Wildman–Crippen LogP) is 2.46. The van der Waals surface area contributed by atoms with Gasteiger partial charge in [-0.2, -0.15) is 0 Å². The van der Waals surface area contributed by atoms with Gasteiger partial charge in [0.05, 0.1) is 10.6 Å². The van der Waals surface area contributed by atoms with E-state index in [4.69, 9.17) is 11.6 Å². The van der Waals surface area contributed by atoms with Gasteiger partial charge in [-0.05, 0) is 30.7 Å². The lowest BCUT2D eigenvalue weighted by molar-refractivity contribution is 0.0936. The zero-order chi connectivity index (χ0) is 15.9. The van der Waals surface area contributed by atoms with Crippen molar-refractivity contribution < 1.29 is 14.3 Å². The number of carbonyl (C=O) groups excluding carboxylic acids is 1. The molecule has 0 bridgehead atoms. The number of nitrogens with zero attached hydrogens (tertiary/aromatic N) is 1. The molecule has 1 amide bonds. The van der Waals surface area contributed by atoms with Gasteiger partial charge in [0.1, 0.15) is 0 Å². The molecule has 0 aliphatic carbocycles. The maximum absolute atomic E-state index is 13.8. The molecule has 0 aliphatic rings. The van der Waals surface area contributed by atoms with Crippen LogP contribution in [0.4, 0.5) is 4.39 Å². The second kappa shape index (κ2) is 7.87. The minimum absolute atomic E-state index is 0.0974. The Kier molecular flexibility index (Phi) is 5.86. The number of aliphatic hydroxyl groups is 1. The highest BCUT2D eigenvalue weighted by Crippen LogP contribution is 2.17. The normalized spacial score (nSPS) is 12.0. The van der Waals surface area contributed by atoms with E-state index in [9.17, 15) is 14.3 Å². The van der Waals surface area contributed by atoms with E-state index in [0.29, 0.717) is 6.42 Å². The maximum atomic E-state index is 13.8. The van der Waals surface area contributed by atoms with E-state index in [1.54, 1.807) is 12.3 Å². The van der Waals surface area contributed by atoms with Crippen molar-refractivity contribution in [3.63, 3.8) is 0 Å². The Bertz CT molecular complexity index is 637. The van der Waals surface area contributed by atoms with Gasteiger partial charge in [-0.3, -0.25) is 9.78 Å². The molecule has 0 saturated carbocycles. The fourth-order valence-corrected chi connectivity index (χ4v) is 2.20. The number of hydrogen-bond donors (Lipinski definition) is 2. The number of amides is 1. The van der Waals surface area contributed by atoms with Gasteiger partial charge in [-0.25, -0.2) is 4.39 Å². The Morgan fingerprint density at radius 3 is 2.82 bits per heavy atom. The summed E-state index contributed by atoms with van der Waals surface area (Å²) < 4.78 is 13.8. The molecule has 1 unspecified atom stereocenters. The summed E-state index contributed by atoms with van der Waals surface area (Å²) in [5, 5.41) is 11.9. The SMILES string of the molecule is O=C(NCC(CO)Cc1ccccn1)c1cccc(Cl)c1F. The highest BCUT2D eigenvalue weighted by molar-refractivity contribution is 6.31. The summed E-state index contributed by atoms with van der Waals surface area (Å²) in [5.74, 6) is -1.49. The van der Waals surface area contributed by atoms with Crippen LogP contribution in [0.1, 0.15) is 16.1 Å². The largest absolute Gasteiger partial charge is 0.396 e. The average Bonchev–Trinajstić information content (AvgIpc) is 2.54. The van der Waals surface area contributed by atoms with Crippen LogP contribution >= 0.6 is 11.6 Å². The van der Waals surface area contributed by atoms with Crippen LogP contribution in [0.25, 0.3) is 0 Å². The van der Waals surface area contributed by atoms with E-state index in [0.717, 1.165) is 5.69 Å². The highest BCUT2D eigenvalue weighted by atomic mass is 35.5. The first kappa shape index (κ1) is 16.4. The zero-order valence-electron chi connectivity index (χ0n) is 11.8. The van der Waals surface area contributed by atoms with Crippen molar-refractivity contribution in [2.75, 3.05) is 13.2 Å². The fraction of sp³-hybridized carbons (Fsp3) is 0.250. The molecule has 0 fully saturated rings. The second-order valence-corrected chi connectivity index (χ2v) is 5.29. The molecule has 0 radical (unpaired) electrons. The Morgan fingerprint density at radius 1 is 1.32 bits per heavy atom. The number of rotatable bonds is 6. The second-order valence-electron chi connectivity index (χ2n) is 4.89. The minimum atomic E-state index is -0.744. The van der Waals surface area contributed by atoms with Crippen molar-refractivity contribution in [1.82, 2.24) is 10.3 Å². The fourth-order valence-electron chi connectivity index (χ4n) is 2.03. The molecule has 1 atom stereocenters. The van der Waals surface area contributed by atoms with Gasteiger partial charge in [0.2, 0.25) is 0 Å². The van der Waals surface area contributed by atoms with Crippen LogP contribution < -0.4 is 5.32 Å². The molecule has 0 saturated heterocycles. The third kappa shape index (κ3) is 4.26. The van der Waals surface area contributed by atoms with Crippen LogP contribution in [0.5, 0.6) is 0 Å². The van der Waals surface area contributed by atoms with Crippen LogP contribution in [-0.4, -0.2) is 29.1 Å². The van der Waals surface area contributed by atoms with E-state index in [1.165, 1.54) is 18.2 Å². The molecule has 2 N–H and O–H groups in total. The number of benzene rings is 1. The van der Waals surface area contributed by atoms with Crippen molar-refractivity contribution in [1.29, 1.82) is 0 Å². The van der Waals surface area contributed by atoms with E-state index < -0.39 is 11.7 Å². The van der Waals surface area contributed by atoms with Crippen molar-refractivity contribution in [2.45, 2.75) is 6.42 Å². The lowest BCUT2D eigenvalue weighted by Crippen LogP contribution is -2.32. The minimum Gasteiger partial charge on any atom is -0.396 e. The number of pyridine rings is 1. The molecule has 116 valence electrons. The first-order chi connectivity index (χ1) is 10.6. The Labute approximate surface area is 133 Å². The monoisotopic (exact) mass is 322 g/mol. The van der Waals surface area contributed by atoms with Crippen LogP contribution in [0.2, 0.25) is 5.02 Å². The Morgan fingerprint density at radius 2 is 2.14 bits per heavy atom. The summed E-state index contributed by atoms with van der Waals surface area (Å²) in [5.41, 5.74) is 0.715. The molecule has 1 aromatic carbocycles. The van der Waals surface area contributed by atoms with Crippen LogP contribution in [0, 0.1) is 11.7 Å².